The third-order valence-electron chi connectivity index (χ3n) is 2.62. The summed E-state index contributed by atoms with van der Waals surface area (Å²) in [5.74, 6) is 0.490. The zero-order valence-electron chi connectivity index (χ0n) is 9.09. The highest BCUT2D eigenvalue weighted by atomic mass is 14.8. The van der Waals surface area contributed by atoms with Crippen LogP contribution in [0, 0.1) is 6.92 Å². The average Bonchev–Trinajstić information content (AvgIpc) is 2.30. The topological polar surface area (TPSA) is 77.8 Å². The van der Waals surface area contributed by atoms with Crippen LogP contribution in [0.25, 0.3) is 0 Å². The Kier molecular flexibility index (Phi) is 2.83. The fourth-order valence-corrected chi connectivity index (χ4v) is 1.73. The van der Waals surface area contributed by atoms with E-state index in [0.717, 1.165) is 16.7 Å². The van der Waals surface area contributed by atoms with Gasteiger partial charge in [-0.2, -0.15) is 0 Å². The predicted octanol–water partition coefficient (Wildman–Crippen LogP) is 1.42. The first-order chi connectivity index (χ1) is 7.70. The zero-order valence-corrected chi connectivity index (χ0v) is 9.09. The largest absolute Gasteiger partial charge is 0.383 e. The lowest BCUT2D eigenvalue weighted by molar-refractivity contribution is 0.854. The minimum atomic E-state index is -0.253. The highest BCUT2D eigenvalue weighted by Crippen LogP contribution is 2.25. The Morgan fingerprint density at radius 2 is 1.81 bits per heavy atom. The van der Waals surface area contributed by atoms with Gasteiger partial charge in [0.1, 0.15) is 5.82 Å². The molecule has 0 amide bonds. The third-order valence-corrected chi connectivity index (χ3v) is 2.62. The molecule has 0 fully saturated rings. The Labute approximate surface area is 94.3 Å². The minimum Gasteiger partial charge on any atom is -0.383 e. The van der Waals surface area contributed by atoms with Crippen LogP contribution in [0.15, 0.2) is 36.8 Å². The van der Waals surface area contributed by atoms with Crippen molar-refractivity contribution in [1.82, 2.24) is 9.97 Å². The molecule has 16 heavy (non-hydrogen) atoms. The third kappa shape index (κ3) is 1.87. The van der Waals surface area contributed by atoms with E-state index in [1.807, 2.05) is 25.1 Å². The Morgan fingerprint density at radius 1 is 1.12 bits per heavy atom. The van der Waals surface area contributed by atoms with Crippen molar-refractivity contribution in [2.45, 2.75) is 13.0 Å². The standard InChI is InChI=1S/C12H14N4/c1-8-2-7-16-12(14)10(8)11(13)9-3-5-15-6-4-9/h2-7,11H,13H2,1H3,(H2,14,16). The SMILES string of the molecule is Cc1ccnc(N)c1C(N)c1ccncc1. The fourth-order valence-electron chi connectivity index (χ4n) is 1.73. The van der Waals surface area contributed by atoms with E-state index in [1.165, 1.54) is 0 Å². The van der Waals surface area contributed by atoms with Crippen molar-refractivity contribution in [3.05, 3.63) is 53.5 Å². The minimum absolute atomic E-state index is 0.253. The summed E-state index contributed by atoms with van der Waals surface area (Å²) in [5, 5.41) is 0. The monoisotopic (exact) mass is 214 g/mol. The molecule has 0 radical (unpaired) electrons. The average molecular weight is 214 g/mol. The number of nitrogens with two attached hydrogens (primary N) is 2. The van der Waals surface area contributed by atoms with Crippen molar-refractivity contribution in [2.24, 2.45) is 5.73 Å². The number of nitrogen functional groups attached to an aromatic ring is 1. The first-order valence-electron chi connectivity index (χ1n) is 5.06. The van der Waals surface area contributed by atoms with Crippen molar-refractivity contribution < 1.29 is 0 Å². The van der Waals surface area contributed by atoms with Gasteiger partial charge in [-0.05, 0) is 36.2 Å². The molecule has 1 atom stereocenters. The van der Waals surface area contributed by atoms with Crippen LogP contribution in [0.2, 0.25) is 0 Å². The summed E-state index contributed by atoms with van der Waals surface area (Å²) in [6.07, 6.45) is 5.13. The molecule has 0 saturated heterocycles. The lowest BCUT2D eigenvalue weighted by atomic mass is 9.97. The van der Waals surface area contributed by atoms with Gasteiger partial charge in [-0.3, -0.25) is 4.98 Å². The van der Waals surface area contributed by atoms with Crippen LogP contribution >= 0.6 is 0 Å². The molecule has 0 bridgehead atoms. The Balaban J connectivity index is 2.46. The molecule has 1 unspecified atom stereocenters. The van der Waals surface area contributed by atoms with Crippen molar-refractivity contribution in [2.75, 3.05) is 5.73 Å². The number of nitrogens with zero attached hydrogens (tertiary/aromatic N) is 2. The number of hydrogen-bond donors (Lipinski definition) is 2. The second kappa shape index (κ2) is 4.28. The highest BCUT2D eigenvalue weighted by molar-refractivity contribution is 5.49. The molecule has 2 aromatic rings. The maximum atomic E-state index is 6.17. The first-order valence-corrected chi connectivity index (χ1v) is 5.06. The number of hydrogen-bond acceptors (Lipinski definition) is 4. The van der Waals surface area contributed by atoms with Crippen LogP contribution in [-0.4, -0.2) is 9.97 Å². The van der Waals surface area contributed by atoms with Gasteiger partial charge in [0.15, 0.2) is 0 Å². The van der Waals surface area contributed by atoms with Gasteiger partial charge < -0.3 is 11.5 Å². The van der Waals surface area contributed by atoms with Crippen LogP contribution in [0.4, 0.5) is 5.82 Å². The highest BCUT2D eigenvalue weighted by Gasteiger charge is 2.14. The molecule has 0 aromatic carbocycles. The summed E-state index contributed by atoms with van der Waals surface area (Å²) in [4.78, 5) is 8.03. The van der Waals surface area contributed by atoms with Gasteiger partial charge >= 0.3 is 0 Å². The molecule has 2 aromatic heterocycles. The summed E-state index contributed by atoms with van der Waals surface area (Å²) in [6, 6.07) is 5.43. The van der Waals surface area contributed by atoms with Crippen molar-refractivity contribution >= 4 is 5.82 Å². The second-order valence-electron chi connectivity index (χ2n) is 3.68. The van der Waals surface area contributed by atoms with E-state index in [1.54, 1.807) is 18.6 Å². The molecule has 0 spiro atoms. The van der Waals surface area contributed by atoms with Gasteiger partial charge in [-0.15, -0.1) is 0 Å². The van der Waals surface area contributed by atoms with E-state index in [9.17, 15) is 0 Å². The van der Waals surface area contributed by atoms with E-state index < -0.39 is 0 Å². The molecular weight excluding hydrogens is 200 g/mol. The van der Waals surface area contributed by atoms with E-state index in [-0.39, 0.29) is 6.04 Å². The zero-order chi connectivity index (χ0) is 11.5. The lowest BCUT2D eigenvalue weighted by Gasteiger charge is -2.16. The Bertz CT molecular complexity index is 461. The summed E-state index contributed by atoms with van der Waals surface area (Å²) >= 11 is 0. The molecule has 4 N–H and O–H groups in total. The van der Waals surface area contributed by atoms with E-state index >= 15 is 0 Å². The van der Waals surface area contributed by atoms with E-state index in [0.29, 0.717) is 5.82 Å². The molecule has 4 heteroatoms. The molecule has 0 aliphatic rings. The fraction of sp³-hybridized carbons (Fsp3) is 0.167. The van der Waals surface area contributed by atoms with Crippen LogP contribution < -0.4 is 11.5 Å². The first kappa shape index (κ1) is 10.6. The molecule has 82 valence electrons. The van der Waals surface area contributed by atoms with Gasteiger partial charge in [-0.1, -0.05) is 0 Å². The van der Waals surface area contributed by atoms with Crippen molar-refractivity contribution in [1.29, 1.82) is 0 Å². The quantitative estimate of drug-likeness (QED) is 0.792. The van der Waals surface area contributed by atoms with Gasteiger partial charge in [0.25, 0.3) is 0 Å². The smallest absolute Gasteiger partial charge is 0.128 e. The number of rotatable bonds is 2. The normalized spacial score (nSPS) is 12.4. The molecule has 4 nitrogen and oxygen atoms in total. The van der Waals surface area contributed by atoms with Crippen molar-refractivity contribution in [3.8, 4) is 0 Å². The number of aryl methyl sites for hydroxylation is 1. The molecular formula is C12H14N4. The molecule has 2 rings (SSSR count). The van der Waals surface area contributed by atoms with Gasteiger partial charge in [-0.25, -0.2) is 4.98 Å². The maximum Gasteiger partial charge on any atom is 0.128 e. The van der Waals surface area contributed by atoms with Gasteiger partial charge in [0.05, 0.1) is 6.04 Å². The van der Waals surface area contributed by atoms with Gasteiger partial charge in [0.2, 0.25) is 0 Å². The molecule has 0 saturated carbocycles. The summed E-state index contributed by atoms with van der Waals surface area (Å²) in [5.41, 5.74) is 14.9. The van der Waals surface area contributed by atoms with Crippen LogP contribution in [-0.2, 0) is 0 Å². The summed E-state index contributed by atoms with van der Waals surface area (Å²) in [7, 11) is 0. The van der Waals surface area contributed by atoms with E-state index in [2.05, 4.69) is 9.97 Å². The number of anilines is 1. The molecule has 2 heterocycles. The lowest BCUT2D eigenvalue weighted by Crippen LogP contribution is -2.16. The van der Waals surface area contributed by atoms with Crippen molar-refractivity contribution in [3.63, 3.8) is 0 Å². The van der Waals surface area contributed by atoms with Crippen LogP contribution in [0.3, 0.4) is 0 Å². The predicted molar refractivity (Wildman–Crippen MR) is 63.7 cm³/mol. The van der Waals surface area contributed by atoms with Crippen LogP contribution in [0.1, 0.15) is 22.7 Å². The van der Waals surface area contributed by atoms with Gasteiger partial charge in [0, 0.05) is 24.2 Å². The number of pyridine rings is 2. The summed E-state index contributed by atoms with van der Waals surface area (Å²) in [6.45, 7) is 1.98. The Hall–Kier alpha value is -1.94. The number of aromatic nitrogens is 2. The second-order valence-corrected chi connectivity index (χ2v) is 3.68. The maximum absolute atomic E-state index is 6.17. The van der Waals surface area contributed by atoms with E-state index in [4.69, 9.17) is 11.5 Å². The molecule has 0 aliphatic carbocycles. The Morgan fingerprint density at radius 3 is 2.44 bits per heavy atom. The summed E-state index contributed by atoms with van der Waals surface area (Å²) < 4.78 is 0. The van der Waals surface area contributed by atoms with Crippen LogP contribution in [0.5, 0.6) is 0 Å². The molecule has 0 aliphatic heterocycles.